The molecule has 0 saturated carbocycles. The summed E-state index contributed by atoms with van der Waals surface area (Å²) in [6, 6.07) is 8.33. The van der Waals surface area contributed by atoms with E-state index in [1.165, 1.54) is 20.1 Å². The standard InChI is InChI=1S/C19H19N3O5/c1-10-15(18(24)26-4)11(2)21-16(10)19(25)27-12(3)17(23)22-14-7-5-6-13(8-14)9-20/h5-8,12,21H,1-4H3,(H,22,23)/t12-/m0/s1. The first-order valence-corrected chi connectivity index (χ1v) is 8.08. The third-order valence-electron chi connectivity index (χ3n) is 3.94. The van der Waals surface area contributed by atoms with E-state index in [0.29, 0.717) is 22.5 Å². The van der Waals surface area contributed by atoms with Gasteiger partial charge in [0.2, 0.25) is 0 Å². The third kappa shape index (κ3) is 4.33. The van der Waals surface area contributed by atoms with Crippen molar-refractivity contribution in [2.45, 2.75) is 26.9 Å². The van der Waals surface area contributed by atoms with Gasteiger partial charge in [-0.05, 0) is 44.5 Å². The molecule has 1 amide bonds. The smallest absolute Gasteiger partial charge is 0.355 e. The van der Waals surface area contributed by atoms with E-state index in [4.69, 9.17) is 14.7 Å². The van der Waals surface area contributed by atoms with Crippen LogP contribution in [0.15, 0.2) is 24.3 Å². The number of rotatable bonds is 5. The van der Waals surface area contributed by atoms with Crippen LogP contribution in [0.25, 0.3) is 0 Å². The minimum Gasteiger partial charge on any atom is -0.465 e. The number of esters is 2. The topological polar surface area (TPSA) is 121 Å². The van der Waals surface area contributed by atoms with E-state index in [0.717, 1.165) is 0 Å². The van der Waals surface area contributed by atoms with Gasteiger partial charge in [0.25, 0.3) is 5.91 Å². The van der Waals surface area contributed by atoms with Crippen LogP contribution in [0.1, 0.15) is 44.6 Å². The number of nitrogens with one attached hydrogen (secondary N) is 2. The van der Waals surface area contributed by atoms with Gasteiger partial charge < -0.3 is 19.8 Å². The average molecular weight is 369 g/mol. The zero-order valence-corrected chi connectivity index (χ0v) is 15.4. The fourth-order valence-electron chi connectivity index (χ4n) is 2.55. The van der Waals surface area contributed by atoms with Crippen LogP contribution in [0, 0.1) is 25.2 Å². The van der Waals surface area contributed by atoms with Crippen LogP contribution < -0.4 is 5.32 Å². The molecule has 0 aliphatic heterocycles. The molecule has 0 radical (unpaired) electrons. The highest BCUT2D eigenvalue weighted by Crippen LogP contribution is 2.20. The summed E-state index contributed by atoms with van der Waals surface area (Å²) in [6.45, 7) is 4.65. The van der Waals surface area contributed by atoms with Crippen LogP contribution in [-0.2, 0) is 14.3 Å². The first-order valence-electron chi connectivity index (χ1n) is 8.08. The highest BCUT2D eigenvalue weighted by molar-refractivity contribution is 6.00. The minimum absolute atomic E-state index is 0.0824. The number of nitrogens with zero attached hydrogens (tertiary/aromatic N) is 1. The predicted molar refractivity (Wildman–Crippen MR) is 96.3 cm³/mol. The second kappa shape index (κ2) is 8.19. The van der Waals surface area contributed by atoms with Crippen molar-refractivity contribution in [2.75, 3.05) is 12.4 Å². The maximum atomic E-state index is 12.4. The Morgan fingerprint density at radius 2 is 1.93 bits per heavy atom. The monoisotopic (exact) mass is 369 g/mol. The quantitative estimate of drug-likeness (QED) is 0.781. The number of benzene rings is 1. The summed E-state index contributed by atoms with van der Waals surface area (Å²) in [5.74, 6) is -1.88. The first kappa shape index (κ1) is 19.7. The molecule has 1 atom stereocenters. The lowest BCUT2D eigenvalue weighted by atomic mass is 10.1. The van der Waals surface area contributed by atoms with Crippen LogP contribution in [0.4, 0.5) is 5.69 Å². The van der Waals surface area contributed by atoms with Gasteiger partial charge in [0.15, 0.2) is 6.10 Å². The first-order chi connectivity index (χ1) is 12.8. The van der Waals surface area contributed by atoms with E-state index in [-0.39, 0.29) is 11.3 Å². The van der Waals surface area contributed by atoms with Crippen molar-refractivity contribution in [1.82, 2.24) is 4.98 Å². The van der Waals surface area contributed by atoms with Crippen LogP contribution in [0.5, 0.6) is 0 Å². The average Bonchev–Trinajstić information content (AvgIpc) is 2.95. The van der Waals surface area contributed by atoms with Gasteiger partial charge in [0, 0.05) is 11.4 Å². The number of aryl methyl sites for hydroxylation is 1. The van der Waals surface area contributed by atoms with E-state index >= 15 is 0 Å². The second-order valence-electron chi connectivity index (χ2n) is 5.85. The molecule has 2 aromatic rings. The summed E-state index contributed by atoms with van der Waals surface area (Å²) >= 11 is 0. The Balaban J connectivity index is 2.10. The number of anilines is 1. The molecule has 8 heteroatoms. The van der Waals surface area contributed by atoms with Crippen LogP contribution in [-0.4, -0.2) is 36.0 Å². The predicted octanol–water partition coefficient (Wildman–Crippen LogP) is 2.47. The number of amides is 1. The molecule has 0 aliphatic rings. The van der Waals surface area contributed by atoms with Gasteiger partial charge in [-0.25, -0.2) is 9.59 Å². The van der Waals surface area contributed by atoms with Crippen molar-refractivity contribution < 1.29 is 23.9 Å². The number of hydrogen-bond acceptors (Lipinski definition) is 6. The minimum atomic E-state index is -1.09. The Labute approximate surface area is 156 Å². The Morgan fingerprint density at radius 3 is 2.56 bits per heavy atom. The zero-order chi connectivity index (χ0) is 20.1. The number of ether oxygens (including phenoxy) is 2. The molecule has 0 fully saturated rings. The fourth-order valence-corrected chi connectivity index (χ4v) is 2.55. The molecule has 0 saturated heterocycles. The van der Waals surface area contributed by atoms with Crippen molar-refractivity contribution in [1.29, 1.82) is 5.26 Å². The molecule has 140 valence electrons. The van der Waals surface area contributed by atoms with Gasteiger partial charge in [0.1, 0.15) is 5.69 Å². The van der Waals surface area contributed by atoms with Crippen molar-refractivity contribution in [3.8, 4) is 6.07 Å². The van der Waals surface area contributed by atoms with Gasteiger partial charge in [-0.3, -0.25) is 4.79 Å². The number of hydrogen-bond donors (Lipinski definition) is 2. The number of methoxy groups -OCH3 is 1. The normalized spacial score (nSPS) is 11.2. The Morgan fingerprint density at radius 1 is 1.22 bits per heavy atom. The number of aromatic amines is 1. The Kier molecular flexibility index (Phi) is 5.98. The molecule has 0 bridgehead atoms. The Bertz CT molecular complexity index is 939. The molecular formula is C19H19N3O5. The summed E-state index contributed by atoms with van der Waals surface area (Å²) in [5.41, 5.74) is 2.01. The van der Waals surface area contributed by atoms with Crippen LogP contribution >= 0.6 is 0 Å². The van der Waals surface area contributed by atoms with E-state index in [1.807, 2.05) is 6.07 Å². The molecular weight excluding hydrogens is 350 g/mol. The highest BCUT2D eigenvalue weighted by atomic mass is 16.5. The van der Waals surface area contributed by atoms with Crippen LogP contribution in [0.3, 0.4) is 0 Å². The summed E-state index contributed by atoms with van der Waals surface area (Å²) in [7, 11) is 1.25. The summed E-state index contributed by atoms with van der Waals surface area (Å²) < 4.78 is 9.89. The number of carbonyl (C=O) groups excluding carboxylic acids is 3. The molecule has 27 heavy (non-hydrogen) atoms. The molecule has 1 aromatic carbocycles. The molecule has 0 spiro atoms. The summed E-state index contributed by atoms with van der Waals surface area (Å²) in [4.78, 5) is 39.2. The molecule has 2 N–H and O–H groups in total. The molecule has 1 heterocycles. The van der Waals surface area contributed by atoms with Gasteiger partial charge in [-0.1, -0.05) is 6.07 Å². The molecule has 8 nitrogen and oxygen atoms in total. The summed E-state index contributed by atoms with van der Waals surface area (Å²) in [5, 5.41) is 11.5. The van der Waals surface area contributed by atoms with Crippen LogP contribution in [0.2, 0.25) is 0 Å². The van der Waals surface area contributed by atoms with Gasteiger partial charge in [-0.2, -0.15) is 5.26 Å². The van der Waals surface area contributed by atoms with E-state index in [9.17, 15) is 14.4 Å². The van der Waals surface area contributed by atoms with E-state index in [1.54, 1.807) is 32.0 Å². The lowest BCUT2D eigenvalue weighted by molar-refractivity contribution is -0.123. The number of nitriles is 1. The maximum absolute atomic E-state index is 12.4. The van der Waals surface area contributed by atoms with Gasteiger partial charge in [-0.15, -0.1) is 0 Å². The maximum Gasteiger partial charge on any atom is 0.355 e. The summed E-state index contributed by atoms with van der Waals surface area (Å²) in [6.07, 6.45) is -1.09. The number of carbonyl (C=O) groups is 3. The highest BCUT2D eigenvalue weighted by Gasteiger charge is 2.26. The number of aromatic nitrogens is 1. The third-order valence-corrected chi connectivity index (χ3v) is 3.94. The number of H-pyrrole nitrogens is 1. The molecule has 0 unspecified atom stereocenters. The fraction of sp³-hybridized carbons (Fsp3) is 0.263. The van der Waals surface area contributed by atoms with Crippen molar-refractivity contribution in [3.05, 3.63) is 52.3 Å². The Hall–Kier alpha value is -3.60. The molecule has 0 aliphatic carbocycles. The van der Waals surface area contributed by atoms with E-state index in [2.05, 4.69) is 10.3 Å². The van der Waals surface area contributed by atoms with Crippen molar-refractivity contribution in [3.63, 3.8) is 0 Å². The molecule has 1 aromatic heterocycles. The SMILES string of the molecule is COC(=O)c1c(C)[nH]c(C(=O)O[C@@H](C)C(=O)Nc2cccc(C#N)c2)c1C. The van der Waals surface area contributed by atoms with Crippen molar-refractivity contribution >= 4 is 23.5 Å². The largest absolute Gasteiger partial charge is 0.465 e. The van der Waals surface area contributed by atoms with E-state index < -0.39 is 23.9 Å². The van der Waals surface area contributed by atoms with Gasteiger partial charge in [0.05, 0.1) is 24.3 Å². The zero-order valence-electron chi connectivity index (χ0n) is 15.4. The lowest BCUT2D eigenvalue weighted by Crippen LogP contribution is -2.30. The lowest BCUT2D eigenvalue weighted by Gasteiger charge is -2.13. The van der Waals surface area contributed by atoms with Gasteiger partial charge >= 0.3 is 11.9 Å². The van der Waals surface area contributed by atoms with Crippen molar-refractivity contribution in [2.24, 2.45) is 0 Å². The second-order valence-corrected chi connectivity index (χ2v) is 5.85. The molecule has 2 rings (SSSR count).